The molecule has 1 saturated heterocycles. The van der Waals surface area contributed by atoms with Gasteiger partial charge in [-0.15, -0.1) is 0 Å². The van der Waals surface area contributed by atoms with Crippen LogP contribution in [0.25, 0.3) is 0 Å². The van der Waals surface area contributed by atoms with E-state index in [1.165, 1.54) is 0 Å². The Bertz CT molecular complexity index is 169. The highest BCUT2D eigenvalue weighted by Crippen LogP contribution is 2.16. The van der Waals surface area contributed by atoms with E-state index < -0.39 is 0 Å². The van der Waals surface area contributed by atoms with Crippen LogP contribution in [0, 0.1) is 0 Å². The number of nitrogens with two attached hydrogens (primary N) is 1. The van der Waals surface area contributed by atoms with Crippen LogP contribution in [-0.2, 0) is 4.79 Å². The molecule has 0 saturated carbocycles. The number of carbonyl (C=O) groups excluding carboxylic acids is 1. The SMILES string of the molecule is CC[C@H](N)C(=O)NC1CCSCC1. The molecule has 1 atom stereocenters. The number of hydrogen-bond acceptors (Lipinski definition) is 3. The summed E-state index contributed by atoms with van der Waals surface area (Å²) in [5, 5.41) is 2.99. The third-order valence-corrected chi connectivity index (χ3v) is 3.39. The van der Waals surface area contributed by atoms with Crippen molar-refractivity contribution >= 4 is 17.7 Å². The summed E-state index contributed by atoms with van der Waals surface area (Å²) in [6, 6.07) is 0.0425. The van der Waals surface area contributed by atoms with Crippen LogP contribution in [-0.4, -0.2) is 29.5 Å². The van der Waals surface area contributed by atoms with Gasteiger partial charge in [-0.05, 0) is 30.8 Å². The van der Waals surface area contributed by atoms with E-state index in [9.17, 15) is 4.79 Å². The van der Waals surface area contributed by atoms with Crippen LogP contribution in [0.4, 0.5) is 0 Å². The van der Waals surface area contributed by atoms with E-state index in [1.807, 2.05) is 18.7 Å². The van der Waals surface area contributed by atoms with Crippen molar-refractivity contribution in [2.75, 3.05) is 11.5 Å². The summed E-state index contributed by atoms with van der Waals surface area (Å²) in [7, 11) is 0. The zero-order chi connectivity index (χ0) is 9.68. The molecule has 3 N–H and O–H groups in total. The van der Waals surface area contributed by atoms with Gasteiger partial charge in [-0.25, -0.2) is 0 Å². The minimum absolute atomic E-state index is 0.0133. The quantitative estimate of drug-likeness (QED) is 0.709. The summed E-state index contributed by atoms with van der Waals surface area (Å²) in [6.07, 6.45) is 2.90. The van der Waals surface area contributed by atoms with Gasteiger partial charge in [-0.2, -0.15) is 11.8 Å². The average Bonchev–Trinajstić information content (AvgIpc) is 2.18. The summed E-state index contributed by atoms with van der Waals surface area (Å²) in [5.74, 6) is 2.33. The lowest BCUT2D eigenvalue weighted by atomic mass is 10.1. The Morgan fingerprint density at radius 2 is 2.23 bits per heavy atom. The molecule has 0 radical (unpaired) electrons. The highest BCUT2D eigenvalue weighted by Gasteiger charge is 2.18. The number of hydrogen-bond donors (Lipinski definition) is 2. The van der Waals surface area contributed by atoms with Crippen LogP contribution < -0.4 is 11.1 Å². The van der Waals surface area contributed by atoms with E-state index in [0.717, 1.165) is 24.3 Å². The standard InChI is InChI=1S/C9H18N2OS/c1-2-8(10)9(12)11-7-3-5-13-6-4-7/h7-8H,2-6,10H2,1H3,(H,11,12)/t8-/m0/s1. The number of nitrogens with one attached hydrogen (secondary N) is 1. The molecule has 1 heterocycles. The fraction of sp³-hybridized carbons (Fsp3) is 0.889. The molecule has 0 aromatic heterocycles. The molecule has 1 aliphatic rings. The molecule has 0 spiro atoms. The lowest BCUT2D eigenvalue weighted by Crippen LogP contribution is -2.46. The van der Waals surface area contributed by atoms with Gasteiger partial charge in [0.15, 0.2) is 0 Å². The highest BCUT2D eigenvalue weighted by molar-refractivity contribution is 7.99. The third kappa shape index (κ3) is 3.56. The molecule has 0 unspecified atom stereocenters. The first-order valence-corrected chi connectivity index (χ1v) is 6.03. The maximum atomic E-state index is 11.4. The lowest BCUT2D eigenvalue weighted by molar-refractivity contribution is -0.123. The molecule has 1 aliphatic heterocycles. The summed E-state index contributed by atoms with van der Waals surface area (Å²) in [6.45, 7) is 1.93. The van der Waals surface area contributed by atoms with Gasteiger partial charge >= 0.3 is 0 Å². The summed E-state index contributed by atoms with van der Waals surface area (Å²) in [5.41, 5.74) is 5.62. The minimum atomic E-state index is -0.324. The maximum Gasteiger partial charge on any atom is 0.237 e. The Balaban J connectivity index is 2.26. The fourth-order valence-corrected chi connectivity index (χ4v) is 2.44. The molecule has 1 fully saturated rings. The van der Waals surface area contributed by atoms with Gasteiger partial charge in [-0.3, -0.25) is 4.79 Å². The third-order valence-electron chi connectivity index (χ3n) is 2.34. The molecule has 0 aliphatic carbocycles. The largest absolute Gasteiger partial charge is 0.352 e. The first-order valence-electron chi connectivity index (χ1n) is 4.87. The monoisotopic (exact) mass is 202 g/mol. The van der Waals surface area contributed by atoms with E-state index >= 15 is 0 Å². The van der Waals surface area contributed by atoms with Gasteiger partial charge in [0.25, 0.3) is 0 Å². The van der Waals surface area contributed by atoms with Gasteiger partial charge in [0.2, 0.25) is 5.91 Å². The molecule has 0 aromatic rings. The summed E-state index contributed by atoms with van der Waals surface area (Å²) in [4.78, 5) is 11.4. The smallest absolute Gasteiger partial charge is 0.237 e. The number of amides is 1. The highest BCUT2D eigenvalue weighted by atomic mass is 32.2. The summed E-state index contributed by atoms with van der Waals surface area (Å²) >= 11 is 1.96. The van der Waals surface area contributed by atoms with E-state index in [1.54, 1.807) is 0 Å². The van der Waals surface area contributed by atoms with Crippen LogP contribution >= 0.6 is 11.8 Å². The van der Waals surface area contributed by atoms with Crippen molar-refractivity contribution in [2.45, 2.75) is 38.3 Å². The van der Waals surface area contributed by atoms with Crippen molar-refractivity contribution < 1.29 is 4.79 Å². The zero-order valence-corrected chi connectivity index (χ0v) is 8.90. The molecule has 76 valence electrons. The number of thioether (sulfide) groups is 1. The van der Waals surface area contributed by atoms with Crippen LogP contribution in [0.5, 0.6) is 0 Å². The lowest BCUT2D eigenvalue weighted by Gasteiger charge is -2.23. The number of rotatable bonds is 3. The molecule has 13 heavy (non-hydrogen) atoms. The maximum absolute atomic E-state index is 11.4. The van der Waals surface area contributed by atoms with E-state index in [0.29, 0.717) is 12.5 Å². The van der Waals surface area contributed by atoms with Gasteiger partial charge in [0.05, 0.1) is 6.04 Å². The van der Waals surface area contributed by atoms with Crippen molar-refractivity contribution in [3.63, 3.8) is 0 Å². The molecule has 1 amide bonds. The predicted molar refractivity (Wildman–Crippen MR) is 56.8 cm³/mol. The van der Waals surface area contributed by atoms with E-state index in [-0.39, 0.29) is 11.9 Å². The van der Waals surface area contributed by atoms with Gasteiger partial charge in [0.1, 0.15) is 0 Å². The molecular formula is C9H18N2OS. The Labute approximate surface area is 83.8 Å². The predicted octanol–water partition coefficient (Wildman–Crippen LogP) is 0.735. The molecule has 0 bridgehead atoms. The fourth-order valence-electron chi connectivity index (χ4n) is 1.34. The Kier molecular flexibility index (Phi) is 4.59. The Morgan fingerprint density at radius 3 is 2.77 bits per heavy atom. The normalized spacial score (nSPS) is 21.1. The van der Waals surface area contributed by atoms with Gasteiger partial charge in [0, 0.05) is 6.04 Å². The molecule has 3 nitrogen and oxygen atoms in total. The second kappa shape index (κ2) is 5.50. The van der Waals surface area contributed by atoms with Crippen LogP contribution in [0.15, 0.2) is 0 Å². The van der Waals surface area contributed by atoms with Crippen LogP contribution in [0.1, 0.15) is 26.2 Å². The van der Waals surface area contributed by atoms with Crippen molar-refractivity contribution in [3.8, 4) is 0 Å². The zero-order valence-electron chi connectivity index (χ0n) is 8.08. The van der Waals surface area contributed by atoms with E-state index in [4.69, 9.17) is 5.73 Å². The molecular weight excluding hydrogens is 184 g/mol. The molecule has 1 rings (SSSR count). The second-order valence-corrected chi connectivity index (χ2v) is 4.63. The van der Waals surface area contributed by atoms with E-state index in [2.05, 4.69) is 5.32 Å². The number of carbonyl (C=O) groups is 1. The van der Waals surface area contributed by atoms with Crippen LogP contribution in [0.3, 0.4) is 0 Å². The van der Waals surface area contributed by atoms with Crippen molar-refractivity contribution in [3.05, 3.63) is 0 Å². The minimum Gasteiger partial charge on any atom is -0.352 e. The van der Waals surface area contributed by atoms with Crippen molar-refractivity contribution in [2.24, 2.45) is 5.73 Å². The van der Waals surface area contributed by atoms with Crippen LogP contribution in [0.2, 0.25) is 0 Å². The topological polar surface area (TPSA) is 55.1 Å². The van der Waals surface area contributed by atoms with Crippen molar-refractivity contribution in [1.82, 2.24) is 5.32 Å². The first-order chi connectivity index (χ1) is 6.24. The Morgan fingerprint density at radius 1 is 1.62 bits per heavy atom. The summed E-state index contributed by atoms with van der Waals surface area (Å²) < 4.78 is 0. The van der Waals surface area contributed by atoms with Gasteiger partial charge < -0.3 is 11.1 Å². The molecule has 0 aromatic carbocycles. The Hall–Kier alpha value is -0.220. The first kappa shape index (κ1) is 10.9. The molecule has 4 heteroatoms. The van der Waals surface area contributed by atoms with Crippen molar-refractivity contribution in [1.29, 1.82) is 0 Å². The second-order valence-electron chi connectivity index (χ2n) is 3.41. The average molecular weight is 202 g/mol. The van der Waals surface area contributed by atoms with Gasteiger partial charge in [-0.1, -0.05) is 6.92 Å².